The van der Waals surface area contributed by atoms with Crippen molar-refractivity contribution in [3.8, 4) is 6.07 Å². The van der Waals surface area contributed by atoms with Crippen LogP contribution < -0.4 is 5.32 Å². The second-order valence-corrected chi connectivity index (χ2v) is 8.34. The minimum absolute atomic E-state index is 0.242. The lowest BCUT2D eigenvalue weighted by molar-refractivity contribution is -0.124. The molecule has 24 heavy (non-hydrogen) atoms. The summed E-state index contributed by atoms with van der Waals surface area (Å²) in [4.78, 5) is 25.5. The van der Waals surface area contributed by atoms with Crippen molar-refractivity contribution in [3.05, 3.63) is 21.4 Å². The van der Waals surface area contributed by atoms with Gasteiger partial charge in [0.25, 0.3) is 5.91 Å². The van der Waals surface area contributed by atoms with E-state index in [-0.39, 0.29) is 30.9 Å². The summed E-state index contributed by atoms with van der Waals surface area (Å²) in [5, 5.41) is 10.9. The van der Waals surface area contributed by atoms with Gasteiger partial charge in [-0.2, -0.15) is 5.26 Å². The zero-order valence-electron chi connectivity index (χ0n) is 14.5. The van der Waals surface area contributed by atoms with E-state index in [1.54, 1.807) is 0 Å². The number of rotatable bonds is 5. The van der Waals surface area contributed by atoms with Crippen molar-refractivity contribution in [1.29, 1.82) is 5.26 Å². The number of fused-ring (bicyclic) bond motifs is 1. The van der Waals surface area contributed by atoms with Crippen molar-refractivity contribution in [2.45, 2.75) is 46.5 Å². The Morgan fingerprint density at radius 1 is 1.46 bits per heavy atom. The predicted octanol–water partition coefficient (Wildman–Crippen LogP) is 3.09. The van der Waals surface area contributed by atoms with Crippen LogP contribution in [-0.4, -0.2) is 25.0 Å². The highest BCUT2D eigenvalue weighted by Crippen LogP contribution is 2.40. The molecule has 1 amide bonds. The summed E-state index contributed by atoms with van der Waals surface area (Å²) in [6, 6.07) is 3.86. The zero-order chi connectivity index (χ0) is 17.7. The Balaban J connectivity index is 1.90. The van der Waals surface area contributed by atoms with Gasteiger partial charge in [-0.1, -0.05) is 20.8 Å². The fourth-order valence-corrected chi connectivity index (χ4v) is 3.98. The number of hydrogen-bond donors (Lipinski definition) is 1. The number of ether oxygens (including phenoxy) is 1. The van der Waals surface area contributed by atoms with E-state index in [2.05, 4.69) is 26.1 Å². The highest BCUT2D eigenvalue weighted by atomic mass is 32.1. The van der Waals surface area contributed by atoms with Crippen LogP contribution in [0.4, 0.5) is 0 Å². The molecule has 1 heterocycles. The number of amides is 1. The molecule has 1 aromatic rings. The molecular formula is C18H24N2O3S. The minimum atomic E-state index is -0.447. The molecule has 130 valence electrons. The Morgan fingerprint density at radius 2 is 2.21 bits per heavy atom. The van der Waals surface area contributed by atoms with E-state index in [9.17, 15) is 9.59 Å². The number of nitrogens with zero attached hydrogens (tertiary/aromatic N) is 1. The lowest BCUT2D eigenvalue weighted by Crippen LogP contribution is -2.29. The van der Waals surface area contributed by atoms with Gasteiger partial charge in [-0.3, -0.25) is 4.79 Å². The molecule has 1 atom stereocenters. The summed E-state index contributed by atoms with van der Waals surface area (Å²) in [7, 11) is 0. The maximum atomic E-state index is 12.1. The lowest BCUT2D eigenvalue weighted by Gasteiger charge is -2.33. The Labute approximate surface area is 147 Å². The normalized spacial score (nSPS) is 16.8. The second-order valence-electron chi connectivity index (χ2n) is 7.20. The van der Waals surface area contributed by atoms with Crippen LogP contribution in [0, 0.1) is 22.7 Å². The molecule has 1 N–H and O–H groups in total. The van der Waals surface area contributed by atoms with Crippen LogP contribution in [0.5, 0.6) is 0 Å². The maximum Gasteiger partial charge on any atom is 0.348 e. The summed E-state index contributed by atoms with van der Waals surface area (Å²) >= 11 is 1.48. The third kappa shape index (κ3) is 4.81. The largest absolute Gasteiger partial charge is 0.451 e. The van der Waals surface area contributed by atoms with Crippen molar-refractivity contribution < 1.29 is 14.3 Å². The topological polar surface area (TPSA) is 79.2 Å². The standard InChI is InChI=1S/C18H24N2O3S/c1-18(2,3)13-5-6-14-12(9-13)10-15(24-14)17(22)23-11-16(21)20-8-4-7-19/h10,13H,4-6,8-9,11H2,1-3H3,(H,20,21)/t13-/m0/s1. The molecule has 0 saturated carbocycles. The number of thiophene rings is 1. The zero-order valence-corrected chi connectivity index (χ0v) is 15.3. The fraction of sp³-hybridized carbons (Fsp3) is 0.611. The molecule has 6 heteroatoms. The molecule has 0 unspecified atom stereocenters. The van der Waals surface area contributed by atoms with E-state index in [1.807, 2.05) is 12.1 Å². The van der Waals surface area contributed by atoms with Gasteiger partial charge in [0.1, 0.15) is 4.88 Å². The van der Waals surface area contributed by atoms with Gasteiger partial charge in [0.15, 0.2) is 6.61 Å². The van der Waals surface area contributed by atoms with Gasteiger partial charge in [-0.25, -0.2) is 4.79 Å². The van der Waals surface area contributed by atoms with Crippen LogP contribution in [0.1, 0.15) is 53.7 Å². The average Bonchev–Trinajstić information content (AvgIpc) is 2.95. The third-order valence-electron chi connectivity index (χ3n) is 4.40. The van der Waals surface area contributed by atoms with Gasteiger partial charge in [0, 0.05) is 11.4 Å². The van der Waals surface area contributed by atoms with Crippen molar-refractivity contribution in [2.24, 2.45) is 11.3 Å². The summed E-state index contributed by atoms with van der Waals surface area (Å²) in [6.07, 6.45) is 3.39. The number of hydrogen-bond acceptors (Lipinski definition) is 5. The van der Waals surface area contributed by atoms with Gasteiger partial charge >= 0.3 is 5.97 Å². The number of nitriles is 1. The summed E-state index contributed by atoms with van der Waals surface area (Å²) in [5.41, 5.74) is 1.51. The highest BCUT2D eigenvalue weighted by molar-refractivity contribution is 7.14. The predicted molar refractivity (Wildman–Crippen MR) is 92.8 cm³/mol. The van der Waals surface area contributed by atoms with Crippen molar-refractivity contribution in [1.82, 2.24) is 5.32 Å². The van der Waals surface area contributed by atoms with Gasteiger partial charge < -0.3 is 10.1 Å². The molecule has 1 aliphatic rings. The third-order valence-corrected chi connectivity index (χ3v) is 5.62. The molecule has 0 bridgehead atoms. The molecule has 0 saturated heterocycles. The van der Waals surface area contributed by atoms with Crippen molar-refractivity contribution in [3.63, 3.8) is 0 Å². The van der Waals surface area contributed by atoms with Crippen molar-refractivity contribution in [2.75, 3.05) is 13.2 Å². The molecule has 0 aliphatic heterocycles. The van der Waals surface area contributed by atoms with Crippen molar-refractivity contribution >= 4 is 23.2 Å². The number of aryl methyl sites for hydroxylation is 1. The molecule has 0 aromatic carbocycles. The van der Waals surface area contributed by atoms with E-state index in [0.29, 0.717) is 10.8 Å². The first kappa shape index (κ1) is 18.5. The van der Waals surface area contributed by atoms with Gasteiger partial charge in [-0.15, -0.1) is 11.3 Å². The van der Waals surface area contributed by atoms with Crippen LogP contribution >= 0.6 is 11.3 Å². The molecule has 0 fully saturated rings. The Morgan fingerprint density at radius 3 is 2.88 bits per heavy atom. The van der Waals surface area contributed by atoms with E-state index in [0.717, 1.165) is 19.3 Å². The first-order valence-corrected chi connectivity index (χ1v) is 9.05. The molecule has 0 radical (unpaired) electrons. The van der Waals surface area contributed by atoms with Crippen LogP contribution in [0.15, 0.2) is 6.07 Å². The van der Waals surface area contributed by atoms with Gasteiger partial charge in [0.2, 0.25) is 0 Å². The smallest absolute Gasteiger partial charge is 0.348 e. The van der Waals surface area contributed by atoms with E-state index >= 15 is 0 Å². The van der Waals surface area contributed by atoms with Crippen LogP contribution in [0.3, 0.4) is 0 Å². The molecule has 2 rings (SSSR count). The summed E-state index contributed by atoms with van der Waals surface area (Å²) in [6.45, 7) is 6.74. The van der Waals surface area contributed by atoms with Crippen LogP contribution in [0.2, 0.25) is 0 Å². The lowest BCUT2D eigenvalue weighted by atomic mass is 9.72. The number of carbonyl (C=O) groups excluding carboxylic acids is 2. The average molecular weight is 348 g/mol. The number of esters is 1. The van der Waals surface area contributed by atoms with E-state index < -0.39 is 5.97 Å². The molecular weight excluding hydrogens is 324 g/mol. The van der Waals surface area contributed by atoms with E-state index in [1.165, 1.54) is 21.8 Å². The Hall–Kier alpha value is -1.87. The summed E-state index contributed by atoms with van der Waals surface area (Å²) < 4.78 is 5.07. The SMILES string of the molecule is CC(C)(C)[C@H]1CCc2sc(C(=O)OCC(=O)NCCC#N)cc2C1. The second kappa shape index (κ2) is 7.80. The molecule has 1 aliphatic carbocycles. The maximum absolute atomic E-state index is 12.1. The minimum Gasteiger partial charge on any atom is -0.451 e. The van der Waals surface area contributed by atoms with Crippen LogP contribution in [-0.2, 0) is 22.4 Å². The summed E-state index contributed by atoms with van der Waals surface area (Å²) in [5.74, 6) is -0.209. The van der Waals surface area contributed by atoms with Crippen LogP contribution in [0.25, 0.3) is 0 Å². The Kier molecular flexibility index (Phi) is 6.00. The number of carbonyl (C=O) groups is 2. The van der Waals surface area contributed by atoms with E-state index in [4.69, 9.17) is 10.00 Å². The molecule has 0 spiro atoms. The van der Waals surface area contributed by atoms with Gasteiger partial charge in [-0.05, 0) is 42.2 Å². The van der Waals surface area contributed by atoms with Gasteiger partial charge in [0.05, 0.1) is 12.5 Å². The Bertz CT molecular complexity index is 652. The quantitative estimate of drug-likeness (QED) is 0.655. The highest BCUT2D eigenvalue weighted by Gasteiger charge is 2.30. The molecule has 1 aromatic heterocycles. The first-order valence-electron chi connectivity index (χ1n) is 8.23. The monoisotopic (exact) mass is 348 g/mol. The number of nitrogens with one attached hydrogen (secondary N) is 1. The molecule has 5 nitrogen and oxygen atoms in total. The first-order chi connectivity index (χ1) is 11.3. The fourth-order valence-electron chi connectivity index (χ4n) is 2.87.